The highest BCUT2D eigenvalue weighted by molar-refractivity contribution is 5.91. The Morgan fingerprint density at radius 3 is 1.78 bits per heavy atom. The lowest BCUT2D eigenvalue weighted by Crippen LogP contribution is -2.28. The molecule has 3 N–H and O–H groups in total. The maximum atomic E-state index is 12.8. The molecule has 0 fully saturated rings. The molecule has 0 unspecified atom stereocenters. The van der Waals surface area contributed by atoms with Gasteiger partial charge >= 0.3 is 0 Å². The lowest BCUT2D eigenvalue weighted by Gasteiger charge is -2.16. The summed E-state index contributed by atoms with van der Waals surface area (Å²) in [6.07, 6.45) is 9.85. The first-order valence-corrected chi connectivity index (χ1v) is 16.1. The van der Waals surface area contributed by atoms with Crippen LogP contribution in [0.25, 0.3) is 22.1 Å². The van der Waals surface area contributed by atoms with Crippen LogP contribution in [0.15, 0.2) is 102 Å². The first kappa shape index (κ1) is 34.2. The van der Waals surface area contributed by atoms with Crippen molar-refractivity contribution < 1.29 is 10.0 Å². The Labute approximate surface area is 292 Å². The number of hydrogen-bond donors (Lipinski definition) is 3. The number of aromatic nitrogens is 8. The molecule has 258 valence electrons. The molecule has 0 saturated heterocycles. The van der Waals surface area contributed by atoms with Gasteiger partial charge in [-0.25, -0.2) is 19.9 Å². The van der Waals surface area contributed by atoms with E-state index in [9.17, 15) is 14.8 Å². The van der Waals surface area contributed by atoms with Gasteiger partial charge < -0.3 is 20.7 Å². The standard InChI is InChI=1S/C22H21N5O2.C15H15N5O2/c1-15-8-9-23-11-18(15)12-24-19-10-20(28)27(22-21(19)16(2)25-14-26-22)29-13-17-6-4-3-5-7-17;1-9-3-4-16-6-11(9)7-17-12-5-13(21)20(22)15-14(12)10(2)18-8-19-15/h3-11,14,24H,12-13H2,1-2H3;3-6,8,17,22H,7H2,1-2H3. The number of rotatable bonds is 9. The minimum atomic E-state index is -0.545. The second-order valence-electron chi connectivity index (χ2n) is 11.8. The summed E-state index contributed by atoms with van der Waals surface area (Å²) in [5.41, 5.74) is 7.77. The van der Waals surface area contributed by atoms with Crippen molar-refractivity contribution in [3.63, 3.8) is 0 Å². The molecule has 0 saturated carbocycles. The molecule has 0 bridgehead atoms. The van der Waals surface area contributed by atoms with E-state index < -0.39 is 5.56 Å². The predicted octanol–water partition coefficient (Wildman–Crippen LogP) is 4.70. The molecule has 51 heavy (non-hydrogen) atoms. The van der Waals surface area contributed by atoms with Crippen LogP contribution in [0.5, 0.6) is 0 Å². The number of benzene rings is 1. The highest BCUT2D eigenvalue weighted by atomic mass is 16.7. The highest BCUT2D eigenvalue weighted by Gasteiger charge is 2.15. The topological polar surface area (TPSA) is 175 Å². The third kappa shape index (κ3) is 7.64. The minimum absolute atomic E-state index is 0.186. The average molecular weight is 685 g/mol. The Kier molecular flexibility index (Phi) is 10.2. The van der Waals surface area contributed by atoms with E-state index in [1.54, 1.807) is 25.5 Å². The summed E-state index contributed by atoms with van der Waals surface area (Å²) in [4.78, 5) is 55.4. The molecule has 0 atom stereocenters. The first-order chi connectivity index (χ1) is 24.7. The molecule has 0 aliphatic carbocycles. The maximum Gasteiger partial charge on any atom is 0.287 e. The lowest BCUT2D eigenvalue weighted by atomic mass is 10.1. The molecule has 0 spiro atoms. The maximum absolute atomic E-state index is 12.8. The minimum Gasteiger partial charge on any atom is -0.423 e. The molecule has 7 aromatic rings. The molecule has 14 heteroatoms. The third-order valence-corrected chi connectivity index (χ3v) is 8.35. The van der Waals surface area contributed by atoms with E-state index in [0.717, 1.165) is 38.9 Å². The van der Waals surface area contributed by atoms with Gasteiger partial charge in [0, 0.05) is 50.0 Å². The summed E-state index contributed by atoms with van der Waals surface area (Å²) in [6, 6.07) is 16.4. The van der Waals surface area contributed by atoms with Gasteiger partial charge in [0.25, 0.3) is 11.1 Å². The molecule has 0 aliphatic rings. The highest BCUT2D eigenvalue weighted by Crippen LogP contribution is 2.24. The molecular weight excluding hydrogens is 648 g/mol. The summed E-state index contributed by atoms with van der Waals surface area (Å²) in [5, 5.41) is 17.7. The van der Waals surface area contributed by atoms with E-state index in [0.29, 0.717) is 45.9 Å². The largest absolute Gasteiger partial charge is 0.423 e. The predicted molar refractivity (Wildman–Crippen MR) is 194 cm³/mol. The Hall–Kier alpha value is -6.70. The smallest absolute Gasteiger partial charge is 0.287 e. The average Bonchev–Trinajstić information content (AvgIpc) is 3.13. The van der Waals surface area contributed by atoms with Gasteiger partial charge in [0.15, 0.2) is 11.3 Å². The number of hydrogen-bond acceptors (Lipinski definition) is 12. The van der Waals surface area contributed by atoms with Gasteiger partial charge in [0.2, 0.25) is 0 Å². The van der Waals surface area contributed by atoms with Crippen molar-refractivity contribution in [2.45, 2.75) is 47.4 Å². The zero-order chi connectivity index (χ0) is 35.9. The summed E-state index contributed by atoms with van der Waals surface area (Å²) >= 11 is 0. The summed E-state index contributed by atoms with van der Waals surface area (Å²) in [5.74, 6) is 0. The quantitative estimate of drug-likeness (QED) is 0.179. The zero-order valence-electron chi connectivity index (χ0n) is 28.5. The van der Waals surface area contributed by atoms with Crippen molar-refractivity contribution in [1.82, 2.24) is 39.4 Å². The van der Waals surface area contributed by atoms with Gasteiger partial charge in [-0.3, -0.25) is 19.6 Å². The number of nitrogens with one attached hydrogen (secondary N) is 2. The van der Waals surface area contributed by atoms with Gasteiger partial charge in [-0.2, -0.15) is 0 Å². The Bertz CT molecular complexity index is 2450. The summed E-state index contributed by atoms with van der Waals surface area (Å²) in [7, 11) is 0. The SMILES string of the molecule is Cc1ccncc1CNc1cc(=O)n(O)c2ncnc(C)c12.Cc1ccncc1CNc1cc(=O)n(OCc2ccccc2)c2ncnc(C)c12. The number of aryl methyl sites for hydroxylation is 4. The van der Waals surface area contributed by atoms with Gasteiger partial charge in [-0.15, -0.1) is 9.46 Å². The Morgan fingerprint density at radius 2 is 1.22 bits per heavy atom. The van der Waals surface area contributed by atoms with E-state index in [1.165, 1.54) is 29.5 Å². The molecule has 0 aliphatic heterocycles. The van der Waals surface area contributed by atoms with Crippen LogP contribution in [0.4, 0.5) is 11.4 Å². The van der Waals surface area contributed by atoms with Crippen LogP contribution in [0, 0.1) is 27.7 Å². The normalized spacial score (nSPS) is 10.8. The third-order valence-electron chi connectivity index (χ3n) is 8.35. The first-order valence-electron chi connectivity index (χ1n) is 16.1. The van der Waals surface area contributed by atoms with E-state index in [2.05, 4.69) is 40.5 Å². The molecule has 0 amide bonds. The number of pyridine rings is 4. The van der Waals surface area contributed by atoms with Crippen LogP contribution in [0.1, 0.15) is 39.2 Å². The molecule has 6 aromatic heterocycles. The van der Waals surface area contributed by atoms with Gasteiger partial charge in [0.1, 0.15) is 19.3 Å². The molecule has 14 nitrogen and oxygen atoms in total. The van der Waals surface area contributed by atoms with Crippen LogP contribution in [-0.4, -0.2) is 44.6 Å². The van der Waals surface area contributed by atoms with E-state index in [1.807, 2.05) is 69.4 Å². The summed E-state index contributed by atoms with van der Waals surface area (Å²) < 4.78 is 1.77. The van der Waals surface area contributed by atoms with Crippen molar-refractivity contribution in [3.8, 4) is 0 Å². The molecule has 0 radical (unpaired) electrons. The fourth-order valence-corrected chi connectivity index (χ4v) is 5.45. The number of nitrogens with zero attached hydrogens (tertiary/aromatic N) is 8. The number of anilines is 2. The van der Waals surface area contributed by atoms with Crippen molar-refractivity contribution >= 4 is 33.4 Å². The second-order valence-corrected chi connectivity index (χ2v) is 11.8. The second kappa shape index (κ2) is 15.2. The fourth-order valence-electron chi connectivity index (χ4n) is 5.45. The van der Waals surface area contributed by atoms with Gasteiger partial charge in [0.05, 0.1) is 33.5 Å². The summed E-state index contributed by atoms with van der Waals surface area (Å²) in [6.45, 7) is 9.03. The van der Waals surface area contributed by atoms with Crippen LogP contribution in [0.3, 0.4) is 0 Å². The monoisotopic (exact) mass is 684 g/mol. The van der Waals surface area contributed by atoms with Crippen LogP contribution in [0.2, 0.25) is 0 Å². The molecule has 6 heterocycles. The Morgan fingerprint density at radius 1 is 0.686 bits per heavy atom. The van der Waals surface area contributed by atoms with E-state index in [4.69, 9.17) is 4.84 Å². The van der Waals surface area contributed by atoms with Crippen molar-refractivity contribution in [2.75, 3.05) is 10.6 Å². The molecular formula is C37H36N10O4. The van der Waals surface area contributed by atoms with Crippen LogP contribution >= 0.6 is 0 Å². The van der Waals surface area contributed by atoms with Crippen molar-refractivity contribution in [3.05, 3.63) is 152 Å². The lowest BCUT2D eigenvalue weighted by molar-refractivity contribution is 0.0979. The van der Waals surface area contributed by atoms with Gasteiger partial charge in [-0.1, -0.05) is 30.3 Å². The Balaban J connectivity index is 0.000000183. The van der Waals surface area contributed by atoms with E-state index in [-0.39, 0.29) is 17.8 Å². The fraction of sp³-hybridized carbons (Fsp3) is 0.189. The van der Waals surface area contributed by atoms with Crippen LogP contribution < -0.4 is 26.6 Å². The molecule has 1 aromatic carbocycles. The van der Waals surface area contributed by atoms with Crippen molar-refractivity contribution in [2.24, 2.45) is 0 Å². The molecule has 7 rings (SSSR count). The van der Waals surface area contributed by atoms with Crippen molar-refractivity contribution in [1.29, 1.82) is 0 Å². The zero-order valence-corrected chi connectivity index (χ0v) is 28.5. The van der Waals surface area contributed by atoms with E-state index >= 15 is 0 Å². The van der Waals surface area contributed by atoms with Crippen LogP contribution in [-0.2, 0) is 19.7 Å². The van der Waals surface area contributed by atoms with Gasteiger partial charge in [-0.05, 0) is 67.6 Å². The number of fused-ring (bicyclic) bond motifs is 2.